The average Bonchev–Trinajstić information content (AvgIpc) is 3.92. The third-order valence-corrected chi connectivity index (χ3v) is 9.41. The van der Waals surface area contributed by atoms with Gasteiger partial charge in [0.15, 0.2) is 6.10 Å². The highest BCUT2D eigenvalue weighted by Crippen LogP contribution is 2.35. The molecule has 2 fully saturated rings. The molecular formula is C37H46N8O4. The number of carbonyl (C=O) groups is 3. The Morgan fingerprint density at radius 3 is 1.73 bits per heavy atom. The number of amides is 3. The van der Waals surface area contributed by atoms with Crippen molar-refractivity contribution in [3.8, 4) is 33.6 Å². The largest absolute Gasteiger partial charge is 0.436 e. The molecule has 0 saturated carbocycles. The van der Waals surface area contributed by atoms with Gasteiger partial charge in [0.05, 0.1) is 42.4 Å². The molecule has 0 radical (unpaired) electrons. The summed E-state index contributed by atoms with van der Waals surface area (Å²) in [4.78, 5) is 57.4. The molecule has 3 amide bonds. The van der Waals surface area contributed by atoms with Gasteiger partial charge in [-0.15, -0.1) is 0 Å². The minimum Gasteiger partial charge on any atom is -0.436 e. The van der Waals surface area contributed by atoms with Crippen LogP contribution in [-0.4, -0.2) is 79.4 Å². The molecular weight excluding hydrogens is 620 g/mol. The van der Waals surface area contributed by atoms with Crippen LogP contribution in [0.15, 0.2) is 60.9 Å². The van der Waals surface area contributed by atoms with Crippen LogP contribution in [-0.2, 0) is 14.3 Å². The number of likely N-dealkylation sites (tertiary alicyclic amines) is 2. The Morgan fingerprint density at radius 2 is 1.27 bits per heavy atom. The predicted octanol–water partition coefficient (Wildman–Crippen LogP) is 5.58. The fourth-order valence-corrected chi connectivity index (χ4v) is 6.81. The van der Waals surface area contributed by atoms with E-state index < -0.39 is 12.2 Å². The van der Waals surface area contributed by atoms with Crippen LogP contribution in [0.1, 0.15) is 77.1 Å². The Bertz CT molecular complexity index is 1760. The highest BCUT2D eigenvalue weighted by atomic mass is 16.6. The average molecular weight is 667 g/mol. The SMILES string of the molecule is CC(C)NCC(=O)N1CCC[C@H]1c1ncc(-c2ccc(-c3ccc(-c4cnc([C@@H]5CCCN5C(=O)[C@@H](OC(N)=O)C(C)C)[nH]4)cc3)cc2)[nH]1. The van der Waals surface area contributed by atoms with Crippen LogP contribution in [0.5, 0.6) is 0 Å². The van der Waals surface area contributed by atoms with Gasteiger partial charge in [-0.1, -0.05) is 76.2 Å². The summed E-state index contributed by atoms with van der Waals surface area (Å²) in [5.74, 6) is 1.19. The molecule has 2 aromatic carbocycles. The zero-order valence-corrected chi connectivity index (χ0v) is 28.6. The molecule has 12 nitrogen and oxygen atoms in total. The molecule has 0 aliphatic carbocycles. The van der Waals surface area contributed by atoms with Crippen LogP contribution in [0.2, 0.25) is 0 Å². The zero-order chi connectivity index (χ0) is 34.7. The van der Waals surface area contributed by atoms with E-state index in [1.165, 1.54) is 0 Å². The van der Waals surface area contributed by atoms with Crippen molar-refractivity contribution in [1.82, 2.24) is 35.1 Å². The topological polar surface area (TPSA) is 162 Å². The molecule has 2 saturated heterocycles. The highest BCUT2D eigenvalue weighted by molar-refractivity contribution is 5.84. The number of imidazole rings is 2. The van der Waals surface area contributed by atoms with Crippen LogP contribution >= 0.6 is 0 Å². The van der Waals surface area contributed by atoms with Gasteiger partial charge < -0.3 is 35.6 Å². The molecule has 258 valence electrons. The maximum Gasteiger partial charge on any atom is 0.405 e. The fraction of sp³-hybridized carbons (Fsp3) is 0.432. The number of hydrogen-bond donors (Lipinski definition) is 4. The van der Waals surface area contributed by atoms with E-state index in [9.17, 15) is 14.4 Å². The molecule has 2 aliphatic rings. The van der Waals surface area contributed by atoms with Crippen molar-refractivity contribution >= 4 is 17.9 Å². The van der Waals surface area contributed by atoms with E-state index in [1.807, 2.05) is 38.8 Å². The van der Waals surface area contributed by atoms with E-state index in [-0.39, 0.29) is 35.9 Å². The Labute approximate surface area is 286 Å². The number of H-pyrrole nitrogens is 2. The number of aromatic amines is 2. The van der Waals surface area contributed by atoms with Gasteiger partial charge in [-0.25, -0.2) is 14.8 Å². The lowest BCUT2D eigenvalue weighted by Crippen LogP contribution is -2.44. The summed E-state index contributed by atoms with van der Waals surface area (Å²) in [6.07, 6.45) is 5.24. The number of rotatable bonds is 11. The van der Waals surface area contributed by atoms with Crippen LogP contribution in [0, 0.1) is 5.92 Å². The number of hydrogen-bond acceptors (Lipinski definition) is 7. The van der Waals surface area contributed by atoms with Crippen LogP contribution in [0.3, 0.4) is 0 Å². The number of benzene rings is 2. The minimum atomic E-state index is -0.953. The number of ether oxygens (including phenoxy) is 1. The molecule has 12 heteroatoms. The van der Waals surface area contributed by atoms with Gasteiger partial charge in [-0.05, 0) is 53.9 Å². The summed E-state index contributed by atoms with van der Waals surface area (Å²) in [5, 5.41) is 3.23. The number of nitrogens with two attached hydrogens (primary N) is 1. The molecule has 0 unspecified atom stereocenters. The summed E-state index contributed by atoms with van der Waals surface area (Å²) in [5.41, 5.74) is 11.2. The van der Waals surface area contributed by atoms with Gasteiger partial charge in [0.25, 0.3) is 5.91 Å². The normalized spacial score (nSPS) is 18.4. The van der Waals surface area contributed by atoms with Gasteiger partial charge in [-0.3, -0.25) is 9.59 Å². The molecule has 0 spiro atoms. The lowest BCUT2D eigenvalue weighted by atomic mass is 10.0. The molecule has 3 atom stereocenters. The molecule has 49 heavy (non-hydrogen) atoms. The zero-order valence-electron chi connectivity index (χ0n) is 28.6. The van der Waals surface area contributed by atoms with Crippen molar-refractivity contribution < 1.29 is 19.1 Å². The number of aromatic nitrogens is 4. The van der Waals surface area contributed by atoms with Gasteiger partial charge in [0.2, 0.25) is 5.91 Å². The summed E-state index contributed by atoms with van der Waals surface area (Å²) in [7, 11) is 0. The predicted molar refractivity (Wildman–Crippen MR) is 187 cm³/mol. The van der Waals surface area contributed by atoms with Gasteiger partial charge in [0, 0.05) is 19.1 Å². The minimum absolute atomic E-state index is 0.0290. The first-order chi connectivity index (χ1) is 23.6. The number of nitrogens with zero attached hydrogens (tertiary/aromatic N) is 4. The number of carbonyl (C=O) groups excluding carboxylic acids is 3. The third kappa shape index (κ3) is 7.54. The van der Waals surface area contributed by atoms with Crippen LogP contribution in [0.4, 0.5) is 4.79 Å². The standard InChI is InChI=1S/C37H46N8O4/c1-22(2)33(49-37(38)48)36(47)45-18-6-8-31(45)35-41-20-29(43-35)27-15-11-25(12-16-27)24-9-13-26(14-10-24)28-19-40-34(42-28)30-7-5-17-44(30)32(46)21-39-23(3)4/h9-16,19-20,22-23,30-31,33,39H,5-8,17-18,21H2,1-4H3,(H2,38,48)(H,40,42)(H,41,43)/t30-,31-,33-/m0/s1. The summed E-state index contributed by atoms with van der Waals surface area (Å²) in [6.45, 7) is 9.40. The lowest BCUT2D eigenvalue weighted by Gasteiger charge is -2.29. The Balaban J connectivity index is 1.10. The van der Waals surface area contributed by atoms with E-state index in [0.717, 1.165) is 71.7 Å². The Kier molecular flexibility index (Phi) is 10.1. The Hall–Kier alpha value is -4.97. The maximum absolute atomic E-state index is 13.3. The Morgan fingerprint density at radius 1 is 0.796 bits per heavy atom. The first kappa shape index (κ1) is 33.9. The second kappa shape index (κ2) is 14.7. The molecule has 2 aliphatic heterocycles. The second-order valence-electron chi connectivity index (χ2n) is 13.6. The van der Waals surface area contributed by atoms with E-state index in [2.05, 4.69) is 73.8 Å². The first-order valence-corrected chi connectivity index (χ1v) is 17.2. The highest BCUT2D eigenvalue weighted by Gasteiger charge is 2.38. The van der Waals surface area contributed by atoms with Gasteiger partial charge in [-0.2, -0.15) is 0 Å². The van der Waals surface area contributed by atoms with Crippen molar-refractivity contribution in [2.45, 2.75) is 77.6 Å². The number of nitrogens with one attached hydrogen (secondary N) is 3. The van der Waals surface area contributed by atoms with Crippen molar-refractivity contribution in [2.75, 3.05) is 19.6 Å². The number of primary amides is 1. The van der Waals surface area contributed by atoms with E-state index in [4.69, 9.17) is 10.5 Å². The van der Waals surface area contributed by atoms with Crippen LogP contribution in [0.25, 0.3) is 33.6 Å². The maximum atomic E-state index is 13.3. The summed E-state index contributed by atoms with van der Waals surface area (Å²) >= 11 is 0. The van der Waals surface area contributed by atoms with Crippen molar-refractivity contribution in [1.29, 1.82) is 0 Å². The van der Waals surface area contributed by atoms with Crippen molar-refractivity contribution in [3.63, 3.8) is 0 Å². The second-order valence-corrected chi connectivity index (χ2v) is 13.6. The molecule has 0 bridgehead atoms. The van der Waals surface area contributed by atoms with Crippen molar-refractivity contribution in [2.24, 2.45) is 11.7 Å². The quantitative estimate of drug-likeness (QED) is 0.162. The third-order valence-electron chi connectivity index (χ3n) is 9.41. The monoisotopic (exact) mass is 666 g/mol. The van der Waals surface area contributed by atoms with E-state index in [0.29, 0.717) is 18.9 Å². The van der Waals surface area contributed by atoms with Gasteiger partial charge >= 0.3 is 6.09 Å². The first-order valence-electron chi connectivity index (χ1n) is 17.2. The molecule has 4 aromatic rings. The molecule has 4 heterocycles. The van der Waals surface area contributed by atoms with Gasteiger partial charge in [0.1, 0.15) is 11.6 Å². The van der Waals surface area contributed by atoms with E-state index in [1.54, 1.807) is 11.1 Å². The van der Waals surface area contributed by atoms with Crippen LogP contribution < -0.4 is 11.1 Å². The van der Waals surface area contributed by atoms with E-state index >= 15 is 0 Å². The summed E-state index contributed by atoms with van der Waals surface area (Å²) in [6, 6.07) is 16.6. The molecule has 6 rings (SSSR count). The lowest BCUT2D eigenvalue weighted by molar-refractivity contribution is -0.143. The van der Waals surface area contributed by atoms with Crippen molar-refractivity contribution in [3.05, 3.63) is 72.6 Å². The smallest absolute Gasteiger partial charge is 0.405 e. The fourth-order valence-electron chi connectivity index (χ4n) is 6.81. The molecule has 5 N–H and O–H groups in total. The summed E-state index contributed by atoms with van der Waals surface area (Å²) < 4.78 is 5.16. The molecule has 2 aromatic heterocycles.